The lowest BCUT2D eigenvalue weighted by molar-refractivity contribution is -0.134. The van der Waals surface area contributed by atoms with E-state index in [9.17, 15) is 0 Å². The summed E-state index contributed by atoms with van der Waals surface area (Å²) in [6.07, 6.45) is 10.1. The van der Waals surface area contributed by atoms with E-state index in [1.54, 1.807) is 0 Å². The van der Waals surface area contributed by atoms with Gasteiger partial charge in [0.1, 0.15) is 0 Å². The van der Waals surface area contributed by atoms with E-state index in [4.69, 9.17) is 9.90 Å². The number of carboxylic acid groups (broad SMARTS) is 1. The van der Waals surface area contributed by atoms with Crippen LogP contribution < -0.4 is 5.43 Å². The van der Waals surface area contributed by atoms with E-state index in [0.29, 0.717) is 0 Å². The summed E-state index contributed by atoms with van der Waals surface area (Å²) in [5.41, 5.74) is 2.90. The van der Waals surface area contributed by atoms with Crippen LogP contribution in [0.4, 0.5) is 0 Å². The van der Waals surface area contributed by atoms with Crippen LogP contribution in [0.1, 0.15) is 33.1 Å². The molecular formula is C12H20N2O2. The number of carboxylic acids is 1. The highest BCUT2D eigenvalue weighted by Crippen LogP contribution is 2.50. The SMILES string of the molecule is CC(=O)O.CCC[C@@H]1[C@H]2/C=N/N/C=C/C[C@H]21. The van der Waals surface area contributed by atoms with E-state index >= 15 is 0 Å². The summed E-state index contributed by atoms with van der Waals surface area (Å²) < 4.78 is 0. The lowest BCUT2D eigenvalue weighted by Gasteiger charge is -1.94. The van der Waals surface area contributed by atoms with Crippen LogP contribution in [0, 0.1) is 17.8 Å². The van der Waals surface area contributed by atoms with Gasteiger partial charge in [-0.25, -0.2) is 0 Å². The Kier molecular flexibility index (Phi) is 5.02. The standard InChI is InChI=1S/C10H16N2.C2H4O2/c1-2-4-8-9-5-3-6-11-12-7-10(8)9;1-2(3)4/h3,6-11H,2,4-5H2,1H3;1H3,(H,3,4)/b6-3+,12-7+;/t8-,9-,10+;/m0./s1. The summed E-state index contributed by atoms with van der Waals surface area (Å²) in [6.45, 7) is 3.34. The van der Waals surface area contributed by atoms with E-state index in [1.807, 2.05) is 6.20 Å². The molecule has 2 N–H and O–H groups in total. The van der Waals surface area contributed by atoms with Crippen molar-refractivity contribution in [2.45, 2.75) is 33.1 Å². The number of carbonyl (C=O) groups is 1. The van der Waals surface area contributed by atoms with Crippen LogP contribution in [0.2, 0.25) is 0 Å². The first-order chi connectivity index (χ1) is 7.66. The number of fused-ring (bicyclic) bond motifs is 1. The van der Waals surface area contributed by atoms with Gasteiger partial charge in [0.2, 0.25) is 0 Å². The van der Waals surface area contributed by atoms with Crippen molar-refractivity contribution in [1.29, 1.82) is 0 Å². The van der Waals surface area contributed by atoms with Crippen LogP contribution in [-0.4, -0.2) is 17.3 Å². The molecule has 2 rings (SSSR count). The molecular weight excluding hydrogens is 204 g/mol. The van der Waals surface area contributed by atoms with Crippen molar-refractivity contribution in [2.75, 3.05) is 0 Å². The summed E-state index contributed by atoms with van der Waals surface area (Å²) >= 11 is 0. The predicted molar refractivity (Wildman–Crippen MR) is 64.1 cm³/mol. The molecule has 4 heteroatoms. The van der Waals surface area contributed by atoms with Gasteiger partial charge in [-0.15, -0.1) is 0 Å². The Hall–Kier alpha value is -1.32. The molecule has 1 heterocycles. The molecule has 1 saturated carbocycles. The second kappa shape index (κ2) is 6.30. The number of rotatable bonds is 2. The number of hydrazone groups is 1. The average molecular weight is 224 g/mol. The van der Waals surface area contributed by atoms with Gasteiger partial charge in [-0.1, -0.05) is 19.4 Å². The fourth-order valence-corrected chi connectivity index (χ4v) is 2.22. The Morgan fingerprint density at radius 2 is 2.31 bits per heavy atom. The second-order valence-corrected chi connectivity index (χ2v) is 4.26. The Labute approximate surface area is 96.4 Å². The Morgan fingerprint density at radius 3 is 2.94 bits per heavy atom. The number of aliphatic carboxylic acids is 1. The fourth-order valence-electron chi connectivity index (χ4n) is 2.22. The highest BCUT2D eigenvalue weighted by molar-refractivity contribution is 5.65. The molecule has 0 bridgehead atoms. The van der Waals surface area contributed by atoms with Crippen LogP contribution in [0.15, 0.2) is 17.4 Å². The average Bonchev–Trinajstić information content (AvgIpc) is 2.75. The lowest BCUT2D eigenvalue weighted by Crippen LogP contribution is -1.98. The van der Waals surface area contributed by atoms with E-state index in [-0.39, 0.29) is 0 Å². The van der Waals surface area contributed by atoms with Gasteiger partial charge < -0.3 is 5.11 Å². The number of nitrogens with one attached hydrogen (secondary N) is 1. The van der Waals surface area contributed by atoms with Gasteiger partial charge in [-0.3, -0.25) is 10.2 Å². The topological polar surface area (TPSA) is 61.7 Å². The molecule has 1 fully saturated rings. The van der Waals surface area contributed by atoms with Crippen LogP contribution in [0.3, 0.4) is 0 Å². The van der Waals surface area contributed by atoms with Crippen LogP contribution >= 0.6 is 0 Å². The third kappa shape index (κ3) is 4.04. The van der Waals surface area contributed by atoms with Crippen LogP contribution in [0.5, 0.6) is 0 Å². The fraction of sp³-hybridized carbons (Fsp3) is 0.667. The normalized spacial score (nSPS) is 34.0. The molecule has 90 valence electrons. The Bertz CT molecular complexity index is 283. The molecule has 0 radical (unpaired) electrons. The maximum absolute atomic E-state index is 9.00. The van der Waals surface area contributed by atoms with E-state index in [0.717, 1.165) is 24.7 Å². The predicted octanol–water partition coefficient (Wildman–Crippen LogP) is 2.23. The third-order valence-corrected chi connectivity index (χ3v) is 2.94. The van der Waals surface area contributed by atoms with Crippen molar-refractivity contribution >= 4 is 12.2 Å². The van der Waals surface area contributed by atoms with E-state index in [2.05, 4.69) is 29.7 Å². The molecule has 0 aromatic rings. The molecule has 1 aliphatic carbocycles. The summed E-state index contributed by atoms with van der Waals surface area (Å²) in [6, 6.07) is 0. The molecule has 0 saturated heterocycles. The molecule has 0 spiro atoms. The van der Waals surface area contributed by atoms with Crippen LogP contribution in [0.25, 0.3) is 0 Å². The molecule has 0 unspecified atom stereocenters. The minimum atomic E-state index is -0.833. The van der Waals surface area contributed by atoms with Crippen molar-refractivity contribution in [3.8, 4) is 0 Å². The van der Waals surface area contributed by atoms with Gasteiger partial charge in [0.05, 0.1) is 0 Å². The summed E-state index contributed by atoms with van der Waals surface area (Å²) in [4.78, 5) is 9.00. The lowest BCUT2D eigenvalue weighted by atomic mass is 10.1. The van der Waals surface area contributed by atoms with E-state index in [1.165, 1.54) is 19.3 Å². The van der Waals surface area contributed by atoms with Gasteiger partial charge >= 0.3 is 0 Å². The van der Waals surface area contributed by atoms with E-state index < -0.39 is 5.97 Å². The minimum Gasteiger partial charge on any atom is -0.481 e. The first-order valence-electron chi connectivity index (χ1n) is 5.80. The van der Waals surface area contributed by atoms with Gasteiger partial charge in [0, 0.05) is 25.3 Å². The van der Waals surface area contributed by atoms with Gasteiger partial charge in [-0.2, -0.15) is 5.10 Å². The Balaban J connectivity index is 0.000000280. The zero-order valence-electron chi connectivity index (χ0n) is 9.89. The molecule has 4 nitrogen and oxygen atoms in total. The van der Waals surface area contributed by atoms with Crippen molar-refractivity contribution in [2.24, 2.45) is 22.9 Å². The molecule has 2 aliphatic rings. The first-order valence-corrected chi connectivity index (χ1v) is 5.80. The van der Waals surface area contributed by atoms with Gasteiger partial charge in [0.25, 0.3) is 5.97 Å². The molecule has 1 aliphatic heterocycles. The first kappa shape index (κ1) is 12.7. The molecule has 0 aromatic heterocycles. The highest BCUT2D eigenvalue weighted by Gasteiger charge is 2.47. The molecule has 16 heavy (non-hydrogen) atoms. The largest absolute Gasteiger partial charge is 0.481 e. The zero-order valence-corrected chi connectivity index (χ0v) is 9.89. The van der Waals surface area contributed by atoms with Crippen molar-refractivity contribution < 1.29 is 9.90 Å². The van der Waals surface area contributed by atoms with Crippen molar-refractivity contribution in [1.82, 2.24) is 5.43 Å². The molecule has 3 atom stereocenters. The summed E-state index contributed by atoms with van der Waals surface area (Å²) in [5.74, 6) is 1.75. The van der Waals surface area contributed by atoms with Crippen molar-refractivity contribution in [3.63, 3.8) is 0 Å². The van der Waals surface area contributed by atoms with Gasteiger partial charge in [0.15, 0.2) is 0 Å². The highest BCUT2D eigenvalue weighted by atomic mass is 16.4. The zero-order chi connectivity index (χ0) is 12.0. The quantitative estimate of drug-likeness (QED) is 0.756. The number of hydrogen-bond acceptors (Lipinski definition) is 3. The summed E-state index contributed by atoms with van der Waals surface area (Å²) in [5, 5.41) is 11.5. The summed E-state index contributed by atoms with van der Waals surface area (Å²) in [7, 11) is 0. The molecule has 0 amide bonds. The number of allylic oxidation sites excluding steroid dienone is 1. The van der Waals surface area contributed by atoms with Crippen LogP contribution in [-0.2, 0) is 4.79 Å². The number of hydrogen-bond donors (Lipinski definition) is 2. The Morgan fingerprint density at radius 1 is 1.62 bits per heavy atom. The van der Waals surface area contributed by atoms with Gasteiger partial charge in [-0.05, 0) is 24.7 Å². The number of nitrogens with zero attached hydrogens (tertiary/aromatic N) is 1. The monoisotopic (exact) mass is 224 g/mol. The minimum absolute atomic E-state index is 0.766. The van der Waals surface area contributed by atoms with Crippen molar-refractivity contribution in [3.05, 3.63) is 12.3 Å². The second-order valence-electron chi connectivity index (χ2n) is 4.26. The maximum atomic E-state index is 9.00. The molecule has 0 aromatic carbocycles. The smallest absolute Gasteiger partial charge is 0.300 e. The maximum Gasteiger partial charge on any atom is 0.300 e. The third-order valence-electron chi connectivity index (χ3n) is 2.94.